The molecule has 0 amide bonds. The molecule has 1 unspecified atom stereocenters. The van der Waals surface area contributed by atoms with Gasteiger partial charge in [-0.05, 0) is 29.8 Å². The van der Waals surface area contributed by atoms with Gasteiger partial charge in [0.25, 0.3) is 0 Å². The van der Waals surface area contributed by atoms with Crippen molar-refractivity contribution in [2.75, 3.05) is 0 Å². The average Bonchev–Trinajstić information content (AvgIpc) is 2.43. The van der Waals surface area contributed by atoms with Crippen molar-refractivity contribution in [1.29, 1.82) is 0 Å². The fourth-order valence-corrected chi connectivity index (χ4v) is 2.92. The molecule has 0 aromatic heterocycles. The predicted octanol–water partition coefficient (Wildman–Crippen LogP) is 2.87. The Bertz CT molecular complexity index is 661. The summed E-state index contributed by atoms with van der Waals surface area (Å²) >= 11 is 0. The number of halogens is 3. The van der Waals surface area contributed by atoms with Crippen LogP contribution in [0.25, 0.3) is 0 Å². The van der Waals surface area contributed by atoms with Gasteiger partial charge in [-0.25, -0.2) is 13.2 Å². The number of hydrogen-bond acceptors (Lipinski definition) is 2. The zero-order chi connectivity index (χ0) is 14.7. The topological polar surface area (TPSA) is 43.1 Å². The lowest BCUT2D eigenvalue weighted by atomic mass is 10.1. The van der Waals surface area contributed by atoms with Gasteiger partial charge in [-0.2, -0.15) is 0 Å². The van der Waals surface area contributed by atoms with Crippen LogP contribution in [0.1, 0.15) is 11.1 Å². The fourth-order valence-electron chi connectivity index (χ4n) is 1.76. The molecule has 0 fully saturated rings. The molecule has 1 atom stereocenters. The molecule has 0 radical (unpaired) electrons. The van der Waals surface area contributed by atoms with Crippen LogP contribution in [0.3, 0.4) is 0 Å². The smallest absolute Gasteiger partial charge is 0.139 e. The first-order valence-electron chi connectivity index (χ1n) is 5.82. The highest BCUT2D eigenvalue weighted by atomic mass is 32.2. The van der Waals surface area contributed by atoms with Crippen LogP contribution in [0.4, 0.5) is 13.2 Å². The lowest BCUT2D eigenvalue weighted by Gasteiger charge is -2.06. The summed E-state index contributed by atoms with van der Waals surface area (Å²) in [5.74, 6) is -1.87. The Balaban J connectivity index is 2.25. The van der Waals surface area contributed by atoms with E-state index in [2.05, 4.69) is 0 Å². The first kappa shape index (κ1) is 14.7. The quantitative estimate of drug-likeness (QED) is 0.943. The molecular weight excluding hydrogens is 287 g/mol. The molecule has 2 rings (SSSR count). The summed E-state index contributed by atoms with van der Waals surface area (Å²) in [7, 11) is -1.75. The van der Waals surface area contributed by atoms with E-state index in [4.69, 9.17) is 5.73 Å². The molecule has 2 aromatic carbocycles. The first-order chi connectivity index (χ1) is 9.51. The zero-order valence-corrected chi connectivity index (χ0v) is 11.2. The molecule has 0 heterocycles. The molecule has 0 saturated carbocycles. The van der Waals surface area contributed by atoms with Gasteiger partial charge in [0.15, 0.2) is 0 Å². The molecule has 106 valence electrons. The molecule has 0 aliphatic carbocycles. The van der Waals surface area contributed by atoms with Crippen LogP contribution in [-0.4, -0.2) is 4.21 Å². The maximum Gasteiger partial charge on any atom is 0.139 e. The van der Waals surface area contributed by atoms with Crippen molar-refractivity contribution in [1.82, 2.24) is 0 Å². The molecule has 0 aliphatic rings. The third-order valence-corrected chi connectivity index (χ3v) is 4.17. The summed E-state index contributed by atoms with van der Waals surface area (Å²) in [5.41, 5.74) is 6.22. The van der Waals surface area contributed by atoms with Gasteiger partial charge in [0.2, 0.25) is 0 Å². The summed E-state index contributed by atoms with van der Waals surface area (Å²) in [6, 6.07) is 6.93. The fraction of sp³-hybridized carbons (Fsp3) is 0.143. The van der Waals surface area contributed by atoms with Crippen molar-refractivity contribution in [2.24, 2.45) is 5.73 Å². The van der Waals surface area contributed by atoms with Crippen molar-refractivity contribution < 1.29 is 17.4 Å². The van der Waals surface area contributed by atoms with Crippen LogP contribution in [0.5, 0.6) is 0 Å². The third-order valence-electron chi connectivity index (χ3n) is 2.77. The van der Waals surface area contributed by atoms with Crippen LogP contribution in [0, 0.1) is 17.5 Å². The maximum atomic E-state index is 13.5. The lowest BCUT2D eigenvalue weighted by Crippen LogP contribution is -2.04. The molecule has 0 spiro atoms. The minimum absolute atomic E-state index is 0.0145. The SMILES string of the molecule is NCc1cc(CS(=O)c2cc(F)ccc2F)ccc1F. The van der Waals surface area contributed by atoms with Gasteiger partial charge in [-0.3, -0.25) is 4.21 Å². The van der Waals surface area contributed by atoms with Gasteiger partial charge < -0.3 is 5.73 Å². The van der Waals surface area contributed by atoms with Crippen LogP contribution < -0.4 is 5.73 Å². The Morgan fingerprint density at radius 2 is 1.70 bits per heavy atom. The summed E-state index contributed by atoms with van der Waals surface area (Å²) < 4.78 is 51.9. The number of hydrogen-bond donors (Lipinski definition) is 1. The summed E-state index contributed by atoms with van der Waals surface area (Å²) in [6.07, 6.45) is 0. The van der Waals surface area contributed by atoms with Crippen LogP contribution in [0.15, 0.2) is 41.3 Å². The van der Waals surface area contributed by atoms with E-state index in [9.17, 15) is 17.4 Å². The largest absolute Gasteiger partial charge is 0.326 e. The molecular formula is C14H12F3NOS. The van der Waals surface area contributed by atoms with Gasteiger partial charge in [0.05, 0.1) is 21.4 Å². The predicted molar refractivity (Wildman–Crippen MR) is 70.8 cm³/mol. The van der Waals surface area contributed by atoms with Gasteiger partial charge in [0.1, 0.15) is 17.5 Å². The monoisotopic (exact) mass is 299 g/mol. The summed E-state index contributed by atoms with van der Waals surface area (Å²) in [6.45, 7) is 0.0145. The molecule has 2 nitrogen and oxygen atoms in total. The molecule has 2 aromatic rings. The second-order valence-electron chi connectivity index (χ2n) is 4.19. The van der Waals surface area contributed by atoms with E-state index < -0.39 is 28.3 Å². The molecule has 2 N–H and O–H groups in total. The van der Waals surface area contributed by atoms with Crippen LogP contribution in [-0.2, 0) is 23.1 Å². The van der Waals surface area contributed by atoms with Crippen molar-refractivity contribution in [2.45, 2.75) is 17.2 Å². The van der Waals surface area contributed by atoms with E-state index in [1.807, 2.05) is 0 Å². The van der Waals surface area contributed by atoms with Gasteiger partial charge in [-0.15, -0.1) is 0 Å². The summed E-state index contributed by atoms with van der Waals surface area (Å²) in [4.78, 5) is -0.205. The second kappa shape index (κ2) is 6.19. The molecule has 0 saturated heterocycles. The Kier molecular flexibility index (Phi) is 4.57. The standard InChI is InChI=1S/C14H12F3NOS/c15-11-2-4-13(17)14(6-11)20(19)8-9-1-3-12(16)10(5-9)7-18/h1-6H,7-8,18H2. The van der Waals surface area contributed by atoms with E-state index in [0.717, 1.165) is 18.2 Å². The minimum Gasteiger partial charge on any atom is -0.326 e. The van der Waals surface area contributed by atoms with Gasteiger partial charge in [0, 0.05) is 12.1 Å². The Morgan fingerprint density at radius 1 is 1.00 bits per heavy atom. The highest BCUT2D eigenvalue weighted by Crippen LogP contribution is 2.19. The first-order valence-corrected chi connectivity index (χ1v) is 7.14. The third kappa shape index (κ3) is 3.26. The normalized spacial score (nSPS) is 12.4. The minimum atomic E-state index is -1.75. The van der Waals surface area contributed by atoms with Gasteiger partial charge >= 0.3 is 0 Å². The van der Waals surface area contributed by atoms with E-state index in [-0.39, 0.29) is 17.2 Å². The Morgan fingerprint density at radius 3 is 2.40 bits per heavy atom. The molecule has 20 heavy (non-hydrogen) atoms. The molecule has 0 bridgehead atoms. The van der Waals surface area contributed by atoms with Crippen molar-refractivity contribution in [3.8, 4) is 0 Å². The zero-order valence-electron chi connectivity index (χ0n) is 10.4. The van der Waals surface area contributed by atoms with Crippen LogP contribution >= 0.6 is 0 Å². The van der Waals surface area contributed by atoms with Crippen LogP contribution in [0.2, 0.25) is 0 Å². The van der Waals surface area contributed by atoms with Gasteiger partial charge in [-0.1, -0.05) is 12.1 Å². The van der Waals surface area contributed by atoms with Crippen molar-refractivity contribution >= 4 is 10.8 Å². The van der Waals surface area contributed by atoms with E-state index in [1.54, 1.807) is 0 Å². The van der Waals surface area contributed by atoms with Crippen molar-refractivity contribution in [3.05, 3.63) is 65.0 Å². The highest BCUT2D eigenvalue weighted by Gasteiger charge is 2.13. The Labute approximate surface area is 116 Å². The molecule has 6 heteroatoms. The van der Waals surface area contributed by atoms with E-state index in [0.29, 0.717) is 11.1 Å². The molecule has 0 aliphatic heterocycles. The number of nitrogens with two attached hydrogens (primary N) is 1. The van der Waals surface area contributed by atoms with E-state index >= 15 is 0 Å². The number of benzene rings is 2. The van der Waals surface area contributed by atoms with Crippen molar-refractivity contribution in [3.63, 3.8) is 0 Å². The lowest BCUT2D eigenvalue weighted by molar-refractivity contribution is 0.572. The average molecular weight is 299 g/mol. The number of rotatable bonds is 4. The Hall–Kier alpha value is -1.66. The van der Waals surface area contributed by atoms with E-state index in [1.165, 1.54) is 18.2 Å². The summed E-state index contributed by atoms with van der Waals surface area (Å²) in [5, 5.41) is 0. The maximum absolute atomic E-state index is 13.5. The highest BCUT2D eigenvalue weighted by molar-refractivity contribution is 7.84. The second-order valence-corrected chi connectivity index (χ2v) is 5.61.